The number of rotatable bonds is 0. The molecule has 0 N–H and O–H groups in total. The second-order valence-electron chi connectivity index (χ2n) is 7.27. The highest BCUT2D eigenvalue weighted by atomic mass is 16.7. The first-order chi connectivity index (χ1) is 11.8. The van der Waals surface area contributed by atoms with Gasteiger partial charge in [0.05, 0.1) is 24.7 Å². The number of hydrogen-bond donors (Lipinski definition) is 0. The van der Waals surface area contributed by atoms with Crippen molar-refractivity contribution in [3.8, 4) is 17.9 Å². The molecule has 2 heterocycles. The number of nitrogens with zero attached hydrogens (tertiary/aromatic N) is 3. The lowest BCUT2D eigenvalue weighted by Gasteiger charge is -2.45. The fourth-order valence-corrected chi connectivity index (χ4v) is 2.67. The first-order valence-electron chi connectivity index (χ1n) is 8.04. The summed E-state index contributed by atoms with van der Waals surface area (Å²) in [5.41, 5.74) is 0.981. The number of carbonyl (C=O) groups excluding carboxylic acids is 1. The summed E-state index contributed by atoms with van der Waals surface area (Å²) in [7, 11) is 0. The molecule has 1 saturated heterocycles. The first-order valence-corrected chi connectivity index (χ1v) is 8.04. The van der Waals surface area contributed by atoms with Crippen molar-refractivity contribution in [2.24, 2.45) is 5.16 Å². The van der Waals surface area contributed by atoms with Gasteiger partial charge in [-0.25, -0.2) is 4.79 Å². The minimum atomic E-state index is -0.512. The van der Waals surface area contributed by atoms with Gasteiger partial charge < -0.3 is 9.57 Å². The Bertz CT molecular complexity index is 828. The Kier molecular flexibility index (Phi) is 4.14. The monoisotopic (exact) mass is 337 g/mol. The van der Waals surface area contributed by atoms with E-state index in [1.165, 1.54) is 0 Å². The number of amides is 1. The lowest BCUT2D eigenvalue weighted by atomic mass is 9.89. The summed E-state index contributed by atoms with van der Waals surface area (Å²) < 4.78 is 5.34. The minimum absolute atomic E-state index is 0.338. The zero-order valence-electron chi connectivity index (χ0n) is 14.5. The van der Waals surface area contributed by atoms with Crippen molar-refractivity contribution < 1.29 is 14.4 Å². The lowest BCUT2D eigenvalue weighted by Crippen LogP contribution is -2.64. The molecule has 1 spiro atoms. The Labute approximate surface area is 147 Å². The Morgan fingerprint density at radius 1 is 1.32 bits per heavy atom. The molecule has 2 aliphatic heterocycles. The highest BCUT2D eigenvalue weighted by Crippen LogP contribution is 2.34. The SMILES string of the molecule is CC(C)(C)OC(=O)N1CC2(CC(C#Cc3cccc(C#N)c3)=NO2)C1. The van der Waals surface area contributed by atoms with E-state index in [0.29, 0.717) is 30.8 Å². The molecule has 0 bridgehead atoms. The summed E-state index contributed by atoms with van der Waals surface area (Å²) >= 11 is 0. The van der Waals surface area contributed by atoms with Gasteiger partial charge in [0.2, 0.25) is 0 Å². The number of carbonyl (C=O) groups is 1. The van der Waals surface area contributed by atoms with Gasteiger partial charge in [0, 0.05) is 12.0 Å². The molecular weight excluding hydrogens is 318 g/mol. The number of oxime groups is 1. The van der Waals surface area contributed by atoms with Crippen molar-refractivity contribution in [3.05, 3.63) is 35.4 Å². The number of ether oxygens (including phenoxy) is 1. The van der Waals surface area contributed by atoms with Gasteiger partial charge in [-0.05, 0) is 44.9 Å². The maximum atomic E-state index is 12.0. The van der Waals surface area contributed by atoms with Crippen LogP contribution < -0.4 is 0 Å². The molecule has 128 valence electrons. The molecule has 0 aliphatic carbocycles. The van der Waals surface area contributed by atoms with Crippen LogP contribution in [0.4, 0.5) is 4.79 Å². The fraction of sp³-hybridized carbons (Fsp3) is 0.421. The van der Waals surface area contributed by atoms with Crippen LogP contribution in [0.5, 0.6) is 0 Å². The molecule has 0 aromatic heterocycles. The van der Waals surface area contributed by atoms with Gasteiger partial charge in [-0.3, -0.25) is 4.90 Å². The topological polar surface area (TPSA) is 74.9 Å². The van der Waals surface area contributed by atoms with E-state index in [9.17, 15) is 4.79 Å². The Morgan fingerprint density at radius 3 is 2.72 bits per heavy atom. The molecule has 1 fully saturated rings. The standard InChI is InChI=1S/C19H19N3O3/c1-18(2,3)24-17(23)22-12-19(13-22)10-16(21-25-19)8-7-14-5-4-6-15(9-14)11-20/h4-6,9H,10,12-13H2,1-3H3. The van der Waals surface area contributed by atoms with Crippen LogP contribution in [-0.4, -0.2) is 41.0 Å². The Morgan fingerprint density at radius 2 is 2.04 bits per heavy atom. The second-order valence-corrected chi connectivity index (χ2v) is 7.27. The molecule has 1 aromatic rings. The lowest BCUT2D eigenvalue weighted by molar-refractivity contribution is -0.122. The van der Waals surface area contributed by atoms with Crippen molar-refractivity contribution in [1.82, 2.24) is 4.90 Å². The van der Waals surface area contributed by atoms with E-state index in [1.54, 1.807) is 23.1 Å². The highest BCUT2D eigenvalue weighted by Gasteiger charge is 2.52. The molecule has 6 nitrogen and oxygen atoms in total. The summed E-state index contributed by atoms with van der Waals surface area (Å²) in [6.45, 7) is 6.40. The zero-order chi connectivity index (χ0) is 18.1. The number of nitriles is 1. The molecule has 0 atom stereocenters. The minimum Gasteiger partial charge on any atom is -0.444 e. The van der Waals surface area contributed by atoms with Gasteiger partial charge in [-0.1, -0.05) is 17.1 Å². The van der Waals surface area contributed by atoms with Crippen LogP contribution in [0.1, 0.15) is 38.3 Å². The molecule has 2 aliphatic rings. The van der Waals surface area contributed by atoms with E-state index in [2.05, 4.69) is 23.1 Å². The first kappa shape index (κ1) is 16.9. The van der Waals surface area contributed by atoms with Crippen molar-refractivity contribution in [2.75, 3.05) is 13.1 Å². The largest absolute Gasteiger partial charge is 0.444 e. The predicted molar refractivity (Wildman–Crippen MR) is 91.7 cm³/mol. The van der Waals surface area contributed by atoms with Gasteiger partial charge in [0.1, 0.15) is 11.3 Å². The molecular formula is C19H19N3O3. The molecule has 0 radical (unpaired) electrons. The van der Waals surface area contributed by atoms with Crippen LogP contribution >= 0.6 is 0 Å². The highest BCUT2D eigenvalue weighted by molar-refractivity contribution is 6.02. The predicted octanol–water partition coefficient (Wildman–Crippen LogP) is 2.68. The maximum Gasteiger partial charge on any atom is 0.410 e. The van der Waals surface area contributed by atoms with E-state index in [4.69, 9.17) is 14.8 Å². The molecule has 0 unspecified atom stereocenters. The van der Waals surface area contributed by atoms with Gasteiger partial charge in [0.15, 0.2) is 5.60 Å². The summed E-state index contributed by atoms with van der Waals surface area (Å²) in [5, 5.41) is 12.9. The Hall–Kier alpha value is -2.99. The van der Waals surface area contributed by atoms with Crippen LogP contribution in [0, 0.1) is 23.2 Å². The van der Waals surface area contributed by atoms with E-state index in [1.807, 2.05) is 26.8 Å². The van der Waals surface area contributed by atoms with Crippen LogP contribution in [0.2, 0.25) is 0 Å². The normalized spacial score (nSPS) is 17.5. The number of hydrogen-bond acceptors (Lipinski definition) is 5. The van der Waals surface area contributed by atoms with Crippen LogP contribution in [0.25, 0.3) is 0 Å². The van der Waals surface area contributed by atoms with Gasteiger partial charge in [-0.15, -0.1) is 0 Å². The molecule has 6 heteroatoms. The third-order valence-electron chi connectivity index (χ3n) is 3.79. The van der Waals surface area contributed by atoms with E-state index >= 15 is 0 Å². The number of benzene rings is 1. The van der Waals surface area contributed by atoms with Crippen molar-refractivity contribution >= 4 is 11.8 Å². The third-order valence-corrected chi connectivity index (χ3v) is 3.79. The molecule has 25 heavy (non-hydrogen) atoms. The molecule has 0 saturated carbocycles. The average molecular weight is 337 g/mol. The quantitative estimate of drug-likeness (QED) is 0.682. The fourth-order valence-electron chi connectivity index (χ4n) is 2.67. The van der Waals surface area contributed by atoms with E-state index < -0.39 is 11.2 Å². The smallest absolute Gasteiger partial charge is 0.410 e. The van der Waals surface area contributed by atoms with Crippen molar-refractivity contribution in [3.63, 3.8) is 0 Å². The van der Waals surface area contributed by atoms with Gasteiger partial charge in [-0.2, -0.15) is 5.26 Å². The zero-order valence-corrected chi connectivity index (χ0v) is 14.5. The number of likely N-dealkylation sites (tertiary alicyclic amines) is 1. The molecule has 1 amide bonds. The van der Waals surface area contributed by atoms with Crippen molar-refractivity contribution in [1.29, 1.82) is 5.26 Å². The molecule has 3 rings (SSSR count). The summed E-state index contributed by atoms with van der Waals surface area (Å²) in [5.74, 6) is 5.98. The maximum absolute atomic E-state index is 12.0. The summed E-state index contributed by atoms with van der Waals surface area (Å²) in [4.78, 5) is 19.1. The third kappa shape index (κ3) is 3.92. The summed E-state index contributed by atoms with van der Waals surface area (Å²) in [6.07, 6.45) is 0.228. The van der Waals surface area contributed by atoms with Crippen LogP contribution in [-0.2, 0) is 9.57 Å². The van der Waals surface area contributed by atoms with Crippen molar-refractivity contribution in [2.45, 2.75) is 38.4 Å². The second kappa shape index (κ2) is 6.14. The average Bonchev–Trinajstić information content (AvgIpc) is 2.95. The summed E-state index contributed by atoms with van der Waals surface area (Å²) in [6, 6.07) is 9.18. The van der Waals surface area contributed by atoms with Crippen LogP contribution in [0.3, 0.4) is 0 Å². The van der Waals surface area contributed by atoms with Gasteiger partial charge in [0.25, 0.3) is 0 Å². The Balaban J connectivity index is 1.56. The van der Waals surface area contributed by atoms with E-state index in [0.717, 1.165) is 5.56 Å². The van der Waals surface area contributed by atoms with Crippen LogP contribution in [0.15, 0.2) is 29.4 Å². The van der Waals surface area contributed by atoms with Gasteiger partial charge >= 0.3 is 6.09 Å². The molecule has 1 aromatic carbocycles. The van der Waals surface area contributed by atoms with E-state index in [-0.39, 0.29) is 6.09 Å².